The van der Waals surface area contributed by atoms with Gasteiger partial charge in [-0.3, -0.25) is 4.79 Å². The van der Waals surface area contributed by atoms with Gasteiger partial charge in [-0.25, -0.2) is 4.39 Å². The molecular weight excluding hydrogens is 497 g/mol. The molecule has 3 rings (SSSR count). The summed E-state index contributed by atoms with van der Waals surface area (Å²) >= 11 is 24.3. The number of benzene rings is 3. The number of carbonyl (C=O) groups is 1. The average molecular weight is 510 g/mol. The zero-order valence-corrected chi connectivity index (χ0v) is 19.2. The highest BCUT2D eigenvalue weighted by Gasteiger charge is 2.14. The molecule has 0 radical (unpaired) electrons. The number of nitrogens with one attached hydrogen (secondary N) is 1. The maximum Gasteiger partial charge on any atom is 0.266 e. The monoisotopic (exact) mass is 508 g/mol. The molecular formula is C23H13Cl4FN2O2. The highest BCUT2D eigenvalue weighted by molar-refractivity contribution is 6.42. The second-order valence-corrected chi connectivity index (χ2v) is 8.08. The van der Waals surface area contributed by atoms with Crippen LogP contribution in [0.4, 0.5) is 10.1 Å². The molecule has 1 amide bonds. The van der Waals surface area contributed by atoms with Crippen molar-refractivity contribution < 1.29 is 13.9 Å². The third-order valence-corrected chi connectivity index (χ3v) is 5.50. The van der Waals surface area contributed by atoms with E-state index < -0.39 is 11.7 Å². The largest absolute Gasteiger partial charge is 0.486 e. The number of amides is 1. The van der Waals surface area contributed by atoms with Gasteiger partial charge in [-0.05, 0) is 48.0 Å². The van der Waals surface area contributed by atoms with Crippen LogP contribution in [0.5, 0.6) is 5.75 Å². The molecule has 162 valence electrons. The molecule has 32 heavy (non-hydrogen) atoms. The Bertz CT molecular complexity index is 1230. The second kappa shape index (κ2) is 10.7. The number of hydrogen-bond acceptors (Lipinski definition) is 3. The maximum atomic E-state index is 13.8. The molecule has 3 aromatic rings. The quantitative estimate of drug-likeness (QED) is 0.275. The molecule has 0 bridgehead atoms. The lowest BCUT2D eigenvalue weighted by Crippen LogP contribution is -2.13. The van der Waals surface area contributed by atoms with Crippen molar-refractivity contribution in [1.82, 2.24) is 0 Å². The molecule has 0 aliphatic carbocycles. The van der Waals surface area contributed by atoms with Crippen molar-refractivity contribution >= 4 is 64.1 Å². The Hall–Kier alpha value is -2.75. The van der Waals surface area contributed by atoms with Crippen molar-refractivity contribution in [2.24, 2.45) is 0 Å². The summed E-state index contributed by atoms with van der Waals surface area (Å²) < 4.78 is 19.4. The summed E-state index contributed by atoms with van der Waals surface area (Å²) in [5.74, 6) is -0.906. The number of ether oxygens (including phenoxy) is 1. The van der Waals surface area contributed by atoms with E-state index in [-0.39, 0.29) is 33.0 Å². The first-order valence-electron chi connectivity index (χ1n) is 9.02. The number of nitrogens with zero attached hydrogens (tertiary/aromatic N) is 1. The summed E-state index contributed by atoms with van der Waals surface area (Å²) in [4.78, 5) is 12.5. The van der Waals surface area contributed by atoms with E-state index >= 15 is 0 Å². The molecule has 3 aromatic carbocycles. The fourth-order valence-corrected chi connectivity index (χ4v) is 3.56. The summed E-state index contributed by atoms with van der Waals surface area (Å²) in [6.45, 7) is -0.0726. The molecule has 0 fully saturated rings. The lowest BCUT2D eigenvalue weighted by atomic mass is 10.1. The first kappa shape index (κ1) is 23.9. The summed E-state index contributed by atoms with van der Waals surface area (Å²) in [7, 11) is 0. The smallest absolute Gasteiger partial charge is 0.266 e. The van der Waals surface area contributed by atoms with Crippen LogP contribution in [-0.2, 0) is 11.4 Å². The number of anilines is 1. The summed E-state index contributed by atoms with van der Waals surface area (Å²) in [5.41, 5.74) is 0.926. The van der Waals surface area contributed by atoms with Gasteiger partial charge in [0.2, 0.25) is 0 Å². The topological polar surface area (TPSA) is 62.1 Å². The van der Waals surface area contributed by atoms with E-state index in [2.05, 4.69) is 5.32 Å². The Morgan fingerprint density at radius 3 is 2.31 bits per heavy atom. The van der Waals surface area contributed by atoms with Crippen molar-refractivity contribution in [3.8, 4) is 11.8 Å². The molecule has 0 aliphatic heterocycles. The van der Waals surface area contributed by atoms with Crippen LogP contribution in [0.3, 0.4) is 0 Å². The van der Waals surface area contributed by atoms with Crippen molar-refractivity contribution in [3.63, 3.8) is 0 Å². The van der Waals surface area contributed by atoms with Crippen molar-refractivity contribution in [1.29, 1.82) is 5.26 Å². The molecule has 0 spiro atoms. The van der Waals surface area contributed by atoms with Gasteiger partial charge in [-0.1, -0.05) is 64.6 Å². The third kappa shape index (κ3) is 5.93. The van der Waals surface area contributed by atoms with Crippen LogP contribution in [-0.4, -0.2) is 5.91 Å². The zero-order valence-electron chi connectivity index (χ0n) is 16.1. The predicted octanol–water partition coefficient (Wildman–Crippen LogP) is 7.56. The van der Waals surface area contributed by atoms with Crippen molar-refractivity contribution in [3.05, 3.63) is 97.2 Å². The zero-order chi connectivity index (χ0) is 23.3. The number of carbonyl (C=O) groups excluding carboxylic acids is 1. The van der Waals surface area contributed by atoms with Gasteiger partial charge in [-0.15, -0.1) is 0 Å². The lowest BCUT2D eigenvalue weighted by molar-refractivity contribution is -0.112. The molecule has 0 unspecified atom stereocenters. The highest BCUT2D eigenvalue weighted by atomic mass is 35.5. The molecule has 0 heterocycles. The Kier molecular flexibility index (Phi) is 8.00. The van der Waals surface area contributed by atoms with Gasteiger partial charge in [0.05, 0.1) is 20.1 Å². The number of nitriles is 1. The predicted molar refractivity (Wildman–Crippen MR) is 126 cm³/mol. The van der Waals surface area contributed by atoms with E-state index in [0.29, 0.717) is 21.8 Å². The normalized spacial score (nSPS) is 11.1. The fraction of sp³-hybridized carbons (Fsp3) is 0.0435. The van der Waals surface area contributed by atoms with E-state index in [1.807, 2.05) is 6.07 Å². The van der Waals surface area contributed by atoms with Gasteiger partial charge in [-0.2, -0.15) is 5.26 Å². The lowest BCUT2D eigenvalue weighted by Gasteiger charge is -2.12. The van der Waals surface area contributed by atoms with Crippen LogP contribution in [0.2, 0.25) is 20.1 Å². The first-order chi connectivity index (χ1) is 15.3. The third-order valence-electron chi connectivity index (χ3n) is 4.20. The first-order valence-corrected chi connectivity index (χ1v) is 10.5. The van der Waals surface area contributed by atoms with Crippen LogP contribution in [0.25, 0.3) is 6.08 Å². The van der Waals surface area contributed by atoms with E-state index in [9.17, 15) is 14.4 Å². The fourth-order valence-electron chi connectivity index (χ4n) is 2.65. The van der Waals surface area contributed by atoms with Gasteiger partial charge >= 0.3 is 0 Å². The minimum atomic E-state index is -0.655. The Balaban J connectivity index is 1.78. The molecule has 0 saturated heterocycles. The molecule has 0 aromatic heterocycles. The van der Waals surface area contributed by atoms with E-state index in [0.717, 1.165) is 0 Å². The summed E-state index contributed by atoms with van der Waals surface area (Å²) in [5, 5.41) is 12.9. The van der Waals surface area contributed by atoms with Crippen LogP contribution >= 0.6 is 46.4 Å². The van der Waals surface area contributed by atoms with Gasteiger partial charge in [0.15, 0.2) is 5.75 Å². The Morgan fingerprint density at radius 2 is 1.69 bits per heavy atom. The summed E-state index contributed by atoms with van der Waals surface area (Å²) in [6, 6.07) is 15.5. The van der Waals surface area contributed by atoms with Crippen molar-refractivity contribution in [2.75, 3.05) is 5.32 Å². The number of halogens is 5. The SMILES string of the molecule is N#C/C(=C\c1cc(Cl)c(OCc2ccccc2F)c(Cl)c1)C(=O)Nc1ccc(Cl)c(Cl)c1. The van der Waals surface area contributed by atoms with E-state index in [4.69, 9.17) is 51.1 Å². The van der Waals surface area contributed by atoms with Crippen LogP contribution in [0.1, 0.15) is 11.1 Å². The Morgan fingerprint density at radius 1 is 1.00 bits per heavy atom. The van der Waals surface area contributed by atoms with Gasteiger partial charge in [0.1, 0.15) is 24.1 Å². The minimum absolute atomic E-state index is 0.0726. The maximum absolute atomic E-state index is 13.8. The molecule has 9 heteroatoms. The van der Waals surface area contributed by atoms with Crippen LogP contribution in [0, 0.1) is 17.1 Å². The molecule has 0 saturated carbocycles. The van der Waals surface area contributed by atoms with E-state index in [1.54, 1.807) is 24.3 Å². The molecule has 0 aliphatic rings. The van der Waals surface area contributed by atoms with Crippen LogP contribution in [0.15, 0.2) is 60.2 Å². The second-order valence-electron chi connectivity index (χ2n) is 6.45. The van der Waals surface area contributed by atoms with Crippen molar-refractivity contribution in [2.45, 2.75) is 6.61 Å². The molecule has 0 atom stereocenters. The molecule has 4 nitrogen and oxygen atoms in total. The van der Waals surface area contributed by atoms with Crippen LogP contribution < -0.4 is 10.1 Å². The molecule has 1 N–H and O–H groups in total. The average Bonchev–Trinajstić information content (AvgIpc) is 2.75. The van der Waals surface area contributed by atoms with Gasteiger partial charge < -0.3 is 10.1 Å². The van der Waals surface area contributed by atoms with Gasteiger partial charge in [0.25, 0.3) is 5.91 Å². The standard InChI is InChI=1S/C23H13Cl4FN2O2/c24-17-6-5-16(10-18(17)25)30-23(31)15(11-29)7-13-8-19(26)22(20(27)9-13)32-12-14-3-1-2-4-21(14)28/h1-10H,12H2,(H,30,31)/b15-7+. The number of hydrogen-bond donors (Lipinski definition) is 1. The Labute approximate surface area is 203 Å². The van der Waals surface area contributed by atoms with Gasteiger partial charge in [0, 0.05) is 11.3 Å². The summed E-state index contributed by atoms with van der Waals surface area (Å²) in [6.07, 6.45) is 1.32. The minimum Gasteiger partial charge on any atom is -0.486 e. The highest BCUT2D eigenvalue weighted by Crippen LogP contribution is 2.35. The van der Waals surface area contributed by atoms with E-state index in [1.165, 1.54) is 36.4 Å². The number of rotatable bonds is 6.